The van der Waals surface area contributed by atoms with Gasteiger partial charge in [0.2, 0.25) is 11.8 Å². The van der Waals surface area contributed by atoms with Gasteiger partial charge in [-0.15, -0.1) is 5.10 Å². The van der Waals surface area contributed by atoms with Crippen molar-refractivity contribution in [1.29, 1.82) is 0 Å². The van der Waals surface area contributed by atoms with E-state index in [-0.39, 0.29) is 30.2 Å². The molecule has 1 heterocycles. The van der Waals surface area contributed by atoms with Gasteiger partial charge in [0.25, 0.3) is 0 Å². The SMILES string of the molecule is COc1ccc(C(C(=O)NC2CCCCC2)N(C(=O)Cn2nnc3ccccc32)c2ccc(C(C)=O)cc2)cc1OC. The summed E-state index contributed by atoms with van der Waals surface area (Å²) in [7, 11) is 3.07. The number of hydrogen-bond donors (Lipinski definition) is 1. The summed E-state index contributed by atoms with van der Waals surface area (Å²) in [6.45, 7) is 1.33. The molecule has 0 aliphatic heterocycles. The van der Waals surface area contributed by atoms with Gasteiger partial charge < -0.3 is 14.8 Å². The van der Waals surface area contributed by atoms with Gasteiger partial charge in [-0.3, -0.25) is 19.3 Å². The van der Waals surface area contributed by atoms with E-state index in [9.17, 15) is 14.4 Å². The highest BCUT2D eigenvalue weighted by Gasteiger charge is 2.35. The number of ketones is 1. The summed E-state index contributed by atoms with van der Waals surface area (Å²) in [5, 5.41) is 11.6. The molecule has 1 aromatic heterocycles. The number of fused-ring (bicyclic) bond motifs is 1. The molecule has 0 saturated heterocycles. The smallest absolute Gasteiger partial charge is 0.249 e. The van der Waals surface area contributed by atoms with E-state index >= 15 is 0 Å². The average Bonchev–Trinajstić information content (AvgIpc) is 3.42. The normalized spacial score (nSPS) is 14.3. The van der Waals surface area contributed by atoms with Crippen LogP contribution in [0.1, 0.15) is 61.0 Å². The van der Waals surface area contributed by atoms with E-state index in [2.05, 4.69) is 15.6 Å². The van der Waals surface area contributed by atoms with Gasteiger partial charge in [-0.25, -0.2) is 4.68 Å². The number of nitrogens with one attached hydrogen (secondary N) is 1. The monoisotopic (exact) mass is 569 g/mol. The van der Waals surface area contributed by atoms with Crippen LogP contribution >= 0.6 is 0 Å². The fraction of sp³-hybridized carbons (Fsp3) is 0.344. The van der Waals surface area contributed by atoms with Gasteiger partial charge in [0, 0.05) is 17.3 Å². The zero-order valence-corrected chi connectivity index (χ0v) is 24.1. The van der Waals surface area contributed by atoms with Crippen LogP contribution in [0.2, 0.25) is 0 Å². The van der Waals surface area contributed by atoms with Crippen LogP contribution in [-0.2, 0) is 16.1 Å². The zero-order valence-electron chi connectivity index (χ0n) is 24.1. The van der Waals surface area contributed by atoms with Gasteiger partial charge in [-0.05, 0) is 73.9 Å². The minimum Gasteiger partial charge on any atom is -0.493 e. The lowest BCUT2D eigenvalue weighted by Crippen LogP contribution is -2.48. The Morgan fingerprint density at radius 2 is 1.67 bits per heavy atom. The van der Waals surface area contributed by atoms with Gasteiger partial charge in [-0.2, -0.15) is 0 Å². The Morgan fingerprint density at radius 1 is 0.952 bits per heavy atom. The number of benzene rings is 3. The van der Waals surface area contributed by atoms with E-state index in [1.165, 1.54) is 23.6 Å². The first-order valence-corrected chi connectivity index (χ1v) is 14.1. The third-order valence-corrected chi connectivity index (χ3v) is 7.71. The number of carbonyl (C=O) groups excluding carboxylic acids is 3. The summed E-state index contributed by atoms with van der Waals surface area (Å²) in [5.41, 5.74) is 2.88. The Labute approximate surface area is 244 Å². The van der Waals surface area contributed by atoms with Crippen LogP contribution in [0.4, 0.5) is 5.69 Å². The molecule has 218 valence electrons. The molecule has 0 bridgehead atoms. The highest BCUT2D eigenvalue weighted by molar-refractivity contribution is 6.02. The van der Waals surface area contributed by atoms with Crippen LogP contribution in [0.15, 0.2) is 66.7 Å². The predicted octanol–water partition coefficient (Wildman–Crippen LogP) is 4.87. The number of aromatic nitrogens is 3. The third kappa shape index (κ3) is 6.12. The minimum absolute atomic E-state index is 0.0187. The Hall–Kier alpha value is -4.73. The second kappa shape index (κ2) is 12.8. The van der Waals surface area contributed by atoms with Crippen molar-refractivity contribution in [2.75, 3.05) is 19.1 Å². The molecule has 10 nitrogen and oxygen atoms in total. The lowest BCUT2D eigenvalue weighted by molar-refractivity contribution is -0.127. The highest BCUT2D eigenvalue weighted by Crippen LogP contribution is 2.35. The van der Waals surface area contributed by atoms with E-state index in [1.807, 2.05) is 24.3 Å². The molecule has 1 aliphatic carbocycles. The molecule has 1 saturated carbocycles. The number of methoxy groups -OCH3 is 2. The minimum atomic E-state index is -1.04. The molecule has 1 aliphatic rings. The van der Waals surface area contributed by atoms with E-state index < -0.39 is 6.04 Å². The zero-order chi connectivity index (χ0) is 29.6. The van der Waals surface area contributed by atoms with Crippen molar-refractivity contribution >= 4 is 34.3 Å². The van der Waals surface area contributed by atoms with Crippen molar-refractivity contribution in [3.8, 4) is 11.5 Å². The average molecular weight is 570 g/mol. The molecule has 1 unspecified atom stereocenters. The number of hydrogen-bond acceptors (Lipinski definition) is 7. The maximum atomic E-state index is 14.3. The van der Waals surface area contributed by atoms with Crippen LogP contribution in [0.3, 0.4) is 0 Å². The highest BCUT2D eigenvalue weighted by atomic mass is 16.5. The van der Waals surface area contributed by atoms with Crippen molar-refractivity contribution in [1.82, 2.24) is 20.3 Å². The molecule has 1 atom stereocenters. The fourth-order valence-electron chi connectivity index (χ4n) is 5.50. The predicted molar refractivity (Wildman–Crippen MR) is 159 cm³/mol. The summed E-state index contributed by atoms with van der Waals surface area (Å²) in [6.07, 6.45) is 5.00. The van der Waals surface area contributed by atoms with Crippen molar-refractivity contribution < 1.29 is 23.9 Å². The molecular formula is C32H35N5O5. The maximum Gasteiger partial charge on any atom is 0.249 e. The first-order valence-electron chi connectivity index (χ1n) is 14.1. The van der Waals surface area contributed by atoms with Crippen LogP contribution in [0, 0.1) is 0 Å². The number of rotatable bonds is 10. The molecule has 42 heavy (non-hydrogen) atoms. The molecule has 4 aromatic rings. The van der Waals surface area contributed by atoms with E-state index in [4.69, 9.17) is 9.47 Å². The quantitative estimate of drug-likeness (QED) is 0.271. The van der Waals surface area contributed by atoms with Crippen LogP contribution in [-0.4, -0.2) is 52.9 Å². The number of amides is 2. The fourth-order valence-corrected chi connectivity index (χ4v) is 5.50. The summed E-state index contributed by atoms with van der Waals surface area (Å²) in [6, 6.07) is 18.3. The van der Waals surface area contributed by atoms with Crippen molar-refractivity contribution in [3.05, 3.63) is 77.9 Å². The summed E-state index contributed by atoms with van der Waals surface area (Å²) < 4.78 is 12.5. The van der Waals surface area contributed by atoms with Crippen molar-refractivity contribution in [2.45, 2.75) is 57.7 Å². The topological polar surface area (TPSA) is 116 Å². The first kappa shape index (κ1) is 28.8. The maximum absolute atomic E-state index is 14.3. The van der Waals surface area contributed by atoms with Crippen LogP contribution in [0.5, 0.6) is 11.5 Å². The van der Waals surface area contributed by atoms with Gasteiger partial charge in [-0.1, -0.05) is 42.7 Å². The number of ether oxygens (including phenoxy) is 2. The van der Waals surface area contributed by atoms with E-state index in [0.717, 1.165) is 32.1 Å². The Morgan fingerprint density at radius 3 is 2.36 bits per heavy atom. The molecule has 0 spiro atoms. The largest absolute Gasteiger partial charge is 0.493 e. The standard InChI is InChI=1S/C32H35N5O5/c1-21(38)22-13-16-25(17-14-22)37(30(39)20-36-27-12-8-7-11-26(27)34-35-36)31(32(40)33-24-9-5-4-6-10-24)23-15-18-28(41-2)29(19-23)42-3/h7-8,11-19,24,31H,4-6,9-10,20H2,1-3H3,(H,33,40). The van der Waals surface area contributed by atoms with Gasteiger partial charge in [0.15, 0.2) is 17.3 Å². The first-order chi connectivity index (χ1) is 20.4. The molecule has 1 N–H and O–H groups in total. The van der Waals surface area contributed by atoms with Crippen LogP contribution < -0.4 is 19.7 Å². The number of carbonyl (C=O) groups is 3. The molecule has 10 heteroatoms. The van der Waals surface area contributed by atoms with Gasteiger partial charge >= 0.3 is 0 Å². The Kier molecular flexibility index (Phi) is 8.80. The molecule has 0 radical (unpaired) electrons. The number of para-hydroxylation sites is 1. The Balaban J connectivity index is 1.61. The summed E-state index contributed by atoms with van der Waals surface area (Å²) in [5.74, 6) is 0.166. The Bertz CT molecular complexity index is 1580. The molecule has 2 amide bonds. The summed E-state index contributed by atoms with van der Waals surface area (Å²) in [4.78, 5) is 42.0. The molecule has 3 aromatic carbocycles. The third-order valence-electron chi connectivity index (χ3n) is 7.71. The lowest BCUT2D eigenvalue weighted by Gasteiger charge is -2.33. The van der Waals surface area contributed by atoms with Gasteiger partial charge in [0.05, 0.1) is 19.7 Å². The van der Waals surface area contributed by atoms with Gasteiger partial charge in [0.1, 0.15) is 18.1 Å². The van der Waals surface area contributed by atoms with Crippen molar-refractivity contribution in [3.63, 3.8) is 0 Å². The lowest BCUT2D eigenvalue weighted by atomic mass is 9.94. The summed E-state index contributed by atoms with van der Waals surface area (Å²) >= 11 is 0. The van der Waals surface area contributed by atoms with Crippen LogP contribution in [0.25, 0.3) is 11.0 Å². The van der Waals surface area contributed by atoms with E-state index in [1.54, 1.807) is 49.6 Å². The molecule has 5 rings (SSSR count). The second-order valence-corrected chi connectivity index (χ2v) is 10.5. The number of anilines is 1. The number of nitrogens with zero attached hydrogens (tertiary/aromatic N) is 4. The number of Topliss-reactive ketones (excluding diaryl/α,β-unsaturated/α-hetero) is 1. The molecular weight excluding hydrogens is 534 g/mol. The van der Waals surface area contributed by atoms with Crippen molar-refractivity contribution in [2.24, 2.45) is 0 Å². The van der Waals surface area contributed by atoms with E-state index in [0.29, 0.717) is 39.3 Å². The molecule has 1 fully saturated rings. The second-order valence-electron chi connectivity index (χ2n) is 10.5.